The molecule has 3 N–H and O–H groups in total. The van der Waals surface area contributed by atoms with E-state index in [4.69, 9.17) is 22.4 Å². The van der Waals surface area contributed by atoms with Crippen LogP contribution in [-0.4, -0.2) is 61.3 Å². The fourth-order valence-corrected chi connectivity index (χ4v) is 5.44. The summed E-state index contributed by atoms with van der Waals surface area (Å²) in [6.07, 6.45) is 1.16. The van der Waals surface area contributed by atoms with E-state index < -0.39 is 43.4 Å². The average molecular weight is 370 g/mol. The summed E-state index contributed by atoms with van der Waals surface area (Å²) in [5.41, 5.74) is 5.52. The lowest BCUT2D eigenvalue weighted by molar-refractivity contribution is -0.136. The van der Waals surface area contributed by atoms with E-state index in [0.29, 0.717) is 0 Å². The van der Waals surface area contributed by atoms with Gasteiger partial charge in [-0.1, -0.05) is 11.6 Å². The second-order valence-corrected chi connectivity index (χ2v) is 9.24. The number of nitrogen functional groups attached to an aromatic ring is 1. The quantitative estimate of drug-likeness (QED) is 0.702. The maximum atomic E-state index is 12.5. The van der Waals surface area contributed by atoms with E-state index >= 15 is 0 Å². The molecule has 1 saturated heterocycles. The maximum absolute atomic E-state index is 12.5. The average Bonchev–Trinajstić information content (AvgIpc) is 2.40. The van der Waals surface area contributed by atoms with E-state index in [1.54, 1.807) is 0 Å². The largest absolute Gasteiger partial charge is 0.480 e. The molecule has 22 heavy (non-hydrogen) atoms. The molecule has 1 unspecified atom stereocenters. The number of carboxylic acid groups (broad SMARTS) is 1. The first-order valence-corrected chi connectivity index (χ1v) is 9.44. The van der Waals surface area contributed by atoms with Crippen molar-refractivity contribution in [2.24, 2.45) is 0 Å². The summed E-state index contributed by atoms with van der Waals surface area (Å²) >= 11 is 5.70. The first-order valence-electron chi connectivity index (χ1n) is 5.91. The smallest absolute Gasteiger partial charge is 0.323 e. The van der Waals surface area contributed by atoms with Gasteiger partial charge in [0.15, 0.2) is 15.1 Å². The number of aromatic nitrogens is 1. The van der Waals surface area contributed by atoms with Gasteiger partial charge in [0.05, 0.1) is 10.8 Å². The third-order valence-corrected chi connectivity index (χ3v) is 7.24. The maximum Gasteiger partial charge on any atom is 0.323 e. The number of sulfonamides is 1. The van der Waals surface area contributed by atoms with Gasteiger partial charge in [0, 0.05) is 19.3 Å². The number of pyridine rings is 1. The fourth-order valence-electron chi connectivity index (χ4n) is 1.99. The molecule has 0 spiro atoms. The number of hydrogen-bond acceptors (Lipinski definition) is 7. The Morgan fingerprint density at radius 3 is 2.73 bits per heavy atom. The van der Waals surface area contributed by atoms with E-state index in [1.165, 1.54) is 0 Å². The second kappa shape index (κ2) is 5.65. The van der Waals surface area contributed by atoms with Crippen molar-refractivity contribution in [1.82, 2.24) is 9.29 Å². The van der Waals surface area contributed by atoms with Crippen LogP contribution in [0, 0.1) is 0 Å². The van der Waals surface area contributed by atoms with Crippen molar-refractivity contribution < 1.29 is 26.7 Å². The van der Waals surface area contributed by atoms with Gasteiger partial charge in [0.2, 0.25) is 10.0 Å². The minimum atomic E-state index is -4.20. The number of rotatable bonds is 3. The number of sulfone groups is 1. The molecule has 1 atom stereocenters. The Morgan fingerprint density at radius 1 is 1.50 bits per heavy atom. The van der Waals surface area contributed by atoms with Gasteiger partial charge in [-0.05, 0) is 6.07 Å². The minimum Gasteiger partial charge on any atom is -0.480 e. The lowest BCUT2D eigenvalue weighted by Crippen LogP contribution is -2.52. The molecule has 1 aliphatic heterocycles. The fraction of sp³-hybridized carbons (Fsp3) is 0.400. The third kappa shape index (κ3) is 3.02. The van der Waals surface area contributed by atoms with E-state index in [-0.39, 0.29) is 22.3 Å². The number of aliphatic carboxylic acids is 1. The second-order valence-electron chi connectivity index (χ2n) is 4.59. The molecule has 1 aliphatic rings. The van der Waals surface area contributed by atoms with Crippen molar-refractivity contribution in [3.63, 3.8) is 0 Å². The van der Waals surface area contributed by atoms with Gasteiger partial charge < -0.3 is 10.8 Å². The molecular formula is C10H12ClN3O6S2. The van der Waals surface area contributed by atoms with E-state index in [1.807, 2.05) is 0 Å². The van der Waals surface area contributed by atoms with Gasteiger partial charge in [0.1, 0.15) is 10.7 Å². The monoisotopic (exact) mass is 369 g/mol. The summed E-state index contributed by atoms with van der Waals surface area (Å²) in [7, 11) is -8.09. The van der Waals surface area contributed by atoms with Crippen LogP contribution in [0.1, 0.15) is 0 Å². The van der Waals surface area contributed by atoms with Crippen LogP contribution in [0.4, 0.5) is 5.82 Å². The van der Waals surface area contributed by atoms with Crippen LogP contribution in [0.25, 0.3) is 0 Å². The molecule has 9 nitrogen and oxygen atoms in total. The minimum absolute atomic E-state index is 0.0344. The third-order valence-electron chi connectivity index (χ3n) is 3.17. The van der Waals surface area contributed by atoms with Crippen molar-refractivity contribution in [2.45, 2.75) is 10.1 Å². The van der Waals surface area contributed by atoms with Gasteiger partial charge in [-0.3, -0.25) is 4.79 Å². The highest BCUT2D eigenvalue weighted by molar-refractivity contribution is 7.93. The lowest BCUT2D eigenvalue weighted by atomic mass is 10.4. The zero-order valence-electron chi connectivity index (χ0n) is 11.0. The van der Waals surface area contributed by atoms with E-state index in [2.05, 4.69) is 4.98 Å². The number of nitrogens with zero attached hydrogens (tertiary/aromatic N) is 2. The molecule has 0 aromatic carbocycles. The van der Waals surface area contributed by atoms with Gasteiger partial charge in [-0.15, -0.1) is 0 Å². The Kier molecular flexibility index (Phi) is 4.35. The highest BCUT2D eigenvalue weighted by Gasteiger charge is 2.43. The molecule has 0 saturated carbocycles. The Balaban J connectivity index is 2.43. The first kappa shape index (κ1) is 16.9. The molecule has 0 aliphatic carbocycles. The Bertz CT molecular complexity index is 823. The molecule has 1 aromatic rings. The van der Waals surface area contributed by atoms with Crippen LogP contribution in [0.2, 0.25) is 5.02 Å². The van der Waals surface area contributed by atoms with E-state index in [9.17, 15) is 21.6 Å². The molecule has 122 valence electrons. The molecular weight excluding hydrogens is 358 g/mol. The Morgan fingerprint density at radius 2 is 2.14 bits per heavy atom. The van der Waals surface area contributed by atoms with Crippen molar-refractivity contribution in [3.05, 3.63) is 17.3 Å². The summed E-state index contributed by atoms with van der Waals surface area (Å²) in [4.78, 5) is 14.3. The van der Waals surface area contributed by atoms with Crippen molar-refractivity contribution in [2.75, 3.05) is 24.6 Å². The number of nitrogens with two attached hydrogens (primary N) is 1. The summed E-state index contributed by atoms with van der Waals surface area (Å²) in [6, 6.07) is 1.08. The van der Waals surface area contributed by atoms with Gasteiger partial charge in [-0.25, -0.2) is 21.8 Å². The standard InChI is InChI=1S/C10H12ClN3O6S2/c11-6-3-7(9(12)13-4-6)22(19,20)14-1-2-21(17,18)8(5-14)10(15)16/h3-4,8H,1-2,5H2,(H2,12,13)(H,15,16). The predicted molar refractivity (Wildman–Crippen MR) is 77.6 cm³/mol. The summed E-state index contributed by atoms with van der Waals surface area (Å²) < 4.78 is 49.1. The molecule has 2 rings (SSSR count). The summed E-state index contributed by atoms with van der Waals surface area (Å²) in [5, 5.41) is 7.19. The first-order chi connectivity index (χ1) is 10.1. The highest BCUT2D eigenvalue weighted by Crippen LogP contribution is 2.26. The van der Waals surface area contributed by atoms with Crippen LogP contribution in [-0.2, 0) is 24.7 Å². The van der Waals surface area contributed by atoms with Crippen LogP contribution >= 0.6 is 11.6 Å². The predicted octanol–water partition coefficient (Wildman–Crippen LogP) is -0.811. The topological polar surface area (TPSA) is 148 Å². The molecule has 2 heterocycles. The number of anilines is 1. The number of halogens is 1. The van der Waals surface area contributed by atoms with Crippen LogP contribution < -0.4 is 5.73 Å². The van der Waals surface area contributed by atoms with Crippen LogP contribution in [0.3, 0.4) is 0 Å². The van der Waals surface area contributed by atoms with Gasteiger partial charge in [-0.2, -0.15) is 4.31 Å². The molecule has 0 amide bonds. The summed E-state index contributed by atoms with van der Waals surface area (Å²) in [5.74, 6) is -2.49. The van der Waals surface area contributed by atoms with Crippen molar-refractivity contribution >= 4 is 43.2 Å². The SMILES string of the molecule is Nc1ncc(Cl)cc1S(=O)(=O)N1CCS(=O)(=O)C(C(=O)O)C1. The number of hydrogen-bond donors (Lipinski definition) is 2. The van der Waals surface area contributed by atoms with E-state index in [0.717, 1.165) is 16.6 Å². The Hall–Kier alpha value is -1.43. The zero-order valence-corrected chi connectivity index (χ0v) is 13.4. The molecule has 0 bridgehead atoms. The molecule has 0 radical (unpaired) electrons. The number of carbonyl (C=O) groups is 1. The Labute approximate surface area is 131 Å². The summed E-state index contributed by atoms with van der Waals surface area (Å²) in [6.45, 7) is -1.05. The van der Waals surface area contributed by atoms with Gasteiger partial charge >= 0.3 is 5.97 Å². The number of carboxylic acids is 1. The molecule has 12 heteroatoms. The van der Waals surface area contributed by atoms with Crippen LogP contribution in [0.5, 0.6) is 0 Å². The molecule has 1 fully saturated rings. The lowest BCUT2D eigenvalue weighted by Gasteiger charge is -2.29. The molecule has 1 aromatic heterocycles. The van der Waals surface area contributed by atoms with Crippen molar-refractivity contribution in [3.8, 4) is 0 Å². The van der Waals surface area contributed by atoms with Crippen LogP contribution in [0.15, 0.2) is 17.2 Å². The van der Waals surface area contributed by atoms with Gasteiger partial charge in [0.25, 0.3) is 0 Å². The zero-order chi connectivity index (χ0) is 16.7. The van der Waals surface area contributed by atoms with Crippen molar-refractivity contribution in [1.29, 1.82) is 0 Å². The highest BCUT2D eigenvalue weighted by atomic mass is 35.5. The normalized spacial score (nSPS) is 22.3.